The summed E-state index contributed by atoms with van der Waals surface area (Å²) < 4.78 is 0. The van der Waals surface area contributed by atoms with E-state index in [0.717, 1.165) is 0 Å². The van der Waals surface area contributed by atoms with Crippen LogP contribution < -0.4 is 5.32 Å². The van der Waals surface area contributed by atoms with Gasteiger partial charge >= 0.3 is 5.69 Å². The molecule has 0 fully saturated rings. The maximum atomic E-state index is 10.6. The molecule has 0 unspecified atom stereocenters. The second-order valence-corrected chi connectivity index (χ2v) is 2.85. The Hall–Kier alpha value is -1.36. The molecule has 1 aromatic rings. The van der Waals surface area contributed by atoms with E-state index in [1.807, 2.05) is 0 Å². The number of hydrogen-bond donors (Lipinski definition) is 1. The fourth-order valence-corrected chi connectivity index (χ4v) is 1.28. The van der Waals surface area contributed by atoms with Crippen LogP contribution in [0.2, 0.25) is 5.15 Å². The van der Waals surface area contributed by atoms with Crippen LogP contribution in [0.1, 0.15) is 5.56 Å². The van der Waals surface area contributed by atoms with E-state index < -0.39 is 4.92 Å². The molecule has 0 aliphatic carbocycles. The molecular formula is C7H8ClN3O2. The zero-order valence-electron chi connectivity index (χ0n) is 7.17. The summed E-state index contributed by atoms with van der Waals surface area (Å²) in [6.45, 7) is 1.62. The number of aryl methyl sites for hydroxylation is 1. The van der Waals surface area contributed by atoms with E-state index in [0.29, 0.717) is 5.56 Å². The van der Waals surface area contributed by atoms with Crippen LogP contribution >= 0.6 is 11.6 Å². The first-order valence-electron chi connectivity index (χ1n) is 3.55. The Morgan fingerprint density at radius 2 is 2.31 bits per heavy atom. The molecule has 0 aliphatic rings. The molecule has 70 valence electrons. The smallest absolute Gasteiger partial charge is 0.314 e. The Morgan fingerprint density at radius 1 is 1.69 bits per heavy atom. The third-order valence-electron chi connectivity index (χ3n) is 1.57. The molecule has 5 nitrogen and oxygen atoms in total. The number of nitrogens with zero attached hydrogens (tertiary/aromatic N) is 2. The third-order valence-corrected chi connectivity index (χ3v) is 1.77. The molecule has 0 radical (unpaired) electrons. The average molecular weight is 202 g/mol. The molecule has 0 bridgehead atoms. The van der Waals surface area contributed by atoms with Gasteiger partial charge in [-0.2, -0.15) is 0 Å². The van der Waals surface area contributed by atoms with Gasteiger partial charge in [0.2, 0.25) is 5.82 Å². The average Bonchev–Trinajstić information content (AvgIpc) is 2.01. The normalized spacial score (nSPS) is 9.77. The number of nitrogens with one attached hydrogen (secondary N) is 1. The highest BCUT2D eigenvalue weighted by Gasteiger charge is 2.18. The lowest BCUT2D eigenvalue weighted by Crippen LogP contribution is -2.01. The molecule has 0 amide bonds. The van der Waals surface area contributed by atoms with Crippen molar-refractivity contribution in [3.63, 3.8) is 0 Å². The summed E-state index contributed by atoms with van der Waals surface area (Å²) in [5.74, 6) is 0.190. The molecular weight excluding hydrogens is 194 g/mol. The highest BCUT2D eigenvalue weighted by atomic mass is 35.5. The number of anilines is 1. The first-order valence-corrected chi connectivity index (χ1v) is 3.93. The Balaban J connectivity index is 3.38. The molecule has 0 saturated heterocycles. The van der Waals surface area contributed by atoms with Crippen LogP contribution in [0, 0.1) is 17.0 Å². The van der Waals surface area contributed by atoms with Crippen LogP contribution in [0.4, 0.5) is 11.5 Å². The Kier molecular flexibility index (Phi) is 2.67. The largest absolute Gasteiger partial charge is 0.367 e. The van der Waals surface area contributed by atoms with Crippen molar-refractivity contribution in [2.45, 2.75) is 6.92 Å². The molecule has 0 aliphatic heterocycles. The van der Waals surface area contributed by atoms with Crippen molar-refractivity contribution in [3.8, 4) is 0 Å². The number of rotatable bonds is 2. The fourth-order valence-electron chi connectivity index (χ4n) is 1.03. The molecule has 1 heterocycles. The maximum Gasteiger partial charge on any atom is 0.314 e. The quantitative estimate of drug-likeness (QED) is 0.451. The van der Waals surface area contributed by atoms with Crippen molar-refractivity contribution in [1.29, 1.82) is 0 Å². The standard InChI is InChI=1S/C7H8ClN3O2/c1-4-3-5(8)10-7(9-2)6(4)11(12)13/h3H,1-2H3,(H,9,10). The minimum absolute atomic E-state index is 0.0353. The molecule has 0 saturated carbocycles. The lowest BCUT2D eigenvalue weighted by Gasteiger charge is -2.03. The monoisotopic (exact) mass is 201 g/mol. The summed E-state index contributed by atoms with van der Waals surface area (Å²) in [5, 5.41) is 13.5. The van der Waals surface area contributed by atoms with E-state index in [1.54, 1.807) is 14.0 Å². The molecule has 0 atom stereocenters. The van der Waals surface area contributed by atoms with Gasteiger partial charge in [-0.3, -0.25) is 10.1 Å². The van der Waals surface area contributed by atoms with Crippen molar-refractivity contribution >= 4 is 23.1 Å². The summed E-state index contributed by atoms with van der Waals surface area (Å²) >= 11 is 5.63. The summed E-state index contributed by atoms with van der Waals surface area (Å²) in [6, 6.07) is 1.46. The molecule has 0 spiro atoms. The zero-order chi connectivity index (χ0) is 10.0. The molecule has 1 N–H and O–H groups in total. The lowest BCUT2D eigenvalue weighted by atomic mass is 10.2. The van der Waals surface area contributed by atoms with Crippen LogP contribution in [0.25, 0.3) is 0 Å². The van der Waals surface area contributed by atoms with Gasteiger partial charge < -0.3 is 5.32 Å². The van der Waals surface area contributed by atoms with Gasteiger partial charge in [0.1, 0.15) is 5.15 Å². The van der Waals surface area contributed by atoms with E-state index in [4.69, 9.17) is 11.6 Å². The van der Waals surface area contributed by atoms with Gasteiger partial charge in [0, 0.05) is 12.6 Å². The van der Waals surface area contributed by atoms with Gasteiger partial charge in [0.15, 0.2) is 0 Å². The van der Waals surface area contributed by atoms with E-state index in [2.05, 4.69) is 10.3 Å². The van der Waals surface area contributed by atoms with Gasteiger partial charge in [-0.05, 0) is 13.0 Å². The summed E-state index contributed by atoms with van der Waals surface area (Å²) in [4.78, 5) is 13.9. The second-order valence-electron chi connectivity index (χ2n) is 2.47. The van der Waals surface area contributed by atoms with Gasteiger partial charge in [0.05, 0.1) is 4.92 Å². The van der Waals surface area contributed by atoms with Crippen molar-refractivity contribution in [3.05, 3.63) is 26.9 Å². The molecule has 13 heavy (non-hydrogen) atoms. The molecule has 6 heteroatoms. The first-order chi connectivity index (χ1) is 6.06. The van der Waals surface area contributed by atoms with E-state index in [9.17, 15) is 10.1 Å². The van der Waals surface area contributed by atoms with Crippen molar-refractivity contribution in [2.24, 2.45) is 0 Å². The maximum absolute atomic E-state index is 10.6. The predicted molar refractivity (Wildman–Crippen MR) is 50.2 cm³/mol. The van der Waals surface area contributed by atoms with Crippen molar-refractivity contribution in [2.75, 3.05) is 12.4 Å². The van der Waals surface area contributed by atoms with Crippen LogP contribution in [-0.4, -0.2) is 17.0 Å². The third kappa shape index (κ3) is 1.86. The van der Waals surface area contributed by atoms with E-state index >= 15 is 0 Å². The lowest BCUT2D eigenvalue weighted by molar-refractivity contribution is -0.384. The summed E-state index contributed by atoms with van der Waals surface area (Å²) in [7, 11) is 1.56. The van der Waals surface area contributed by atoms with Gasteiger partial charge in [-0.25, -0.2) is 4.98 Å². The highest BCUT2D eigenvalue weighted by Crippen LogP contribution is 2.27. The number of hydrogen-bond acceptors (Lipinski definition) is 4. The SMILES string of the molecule is CNc1nc(Cl)cc(C)c1[N+](=O)[O-]. The minimum Gasteiger partial charge on any atom is -0.367 e. The summed E-state index contributed by atoms with van der Waals surface area (Å²) in [5.41, 5.74) is 0.459. The molecule has 0 aromatic carbocycles. The van der Waals surface area contributed by atoms with Crippen LogP contribution in [0.5, 0.6) is 0 Å². The van der Waals surface area contributed by atoms with Crippen molar-refractivity contribution in [1.82, 2.24) is 4.98 Å². The minimum atomic E-state index is -0.482. The molecule has 1 rings (SSSR count). The molecule has 1 aromatic heterocycles. The Bertz CT molecular complexity index is 354. The number of halogens is 1. The van der Waals surface area contributed by atoms with E-state index in [1.165, 1.54) is 6.07 Å². The number of nitro groups is 1. The predicted octanol–water partition coefficient (Wildman–Crippen LogP) is 1.99. The topological polar surface area (TPSA) is 68.1 Å². The van der Waals surface area contributed by atoms with Crippen LogP contribution in [0.3, 0.4) is 0 Å². The number of pyridine rings is 1. The Morgan fingerprint density at radius 3 is 2.77 bits per heavy atom. The van der Waals surface area contributed by atoms with Crippen molar-refractivity contribution < 1.29 is 4.92 Å². The van der Waals surface area contributed by atoms with Crippen LogP contribution in [0.15, 0.2) is 6.07 Å². The van der Waals surface area contributed by atoms with Gasteiger partial charge in [-0.15, -0.1) is 0 Å². The highest BCUT2D eigenvalue weighted by molar-refractivity contribution is 6.29. The van der Waals surface area contributed by atoms with Gasteiger partial charge in [-0.1, -0.05) is 11.6 Å². The van der Waals surface area contributed by atoms with Gasteiger partial charge in [0.25, 0.3) is 0 Å². The first kappa shape index (κ1) is 9.73. The fraction of sp³-hybridized carbons (Fsp3) is 0.286. The zero-order valence-corrected chi connectivity index (χ0v) is 7.92. The number of aromatic nitrogens is 1. The second kappa shape index (κ2) is 3.57. The van der Waals surface area contributed by atoms with E-state index in [-0.39, 0.29) is 16.7 Å². The summed E-state index contributed by atoms with van der Waals surface area (Å²) in [6.07, 6.45) is 0. The van der Waals surface area contributed by atoms with Crippen LogP contribution in [-0.2, 0) is 0 Å². The Labute approximate surface area is 79.9 Å².